The summed E-state index contributed by atoms with van der Waals surface area (Å²) >= 11 is 0. The largest absolute Gasteiger partial charge is 0.507 e. The van der Waals surface area contributed by atoms with Crippen molar-refractivity contribution in [3.8, 4) is 77.3 Å². The first-order valence-electron chi connectivity index (χ1n) is 7.15. The van der Waals surface area contributed by atoms with Gasteiger partial charge in [0.25, 0.3) is 0 Å². The van der Waals surface area contributed by atoms with E-state index in [1.807, 2.05) is 6.92 Å². The summed E-state index contributed by atoms with van der Waals surface area (Å²) in [5.74, 6) is 26.3. The molecule has 0 fully saturated rings. The molecule has 3 heteroatoms. The zero-order valence-electron chi connectivity index (χ0n) is 13.5. The van der Waals surface area contributed by atoms with Crippen LogP contribution in [0.15, 0.2) is 18.2 Å². The number of aromatic hydroxyl groups is 1. The zero-order chi connectivity index (χ0) is 18.3. The SMILES string of the molecule is C#CC#CC#CC#CC#CC#Cc1[13cH][13c](C(=O)OCCC)[13cH][13cH][13c]1O. The molecule has 0 radical (unpaired) electrons. The fourth-order valence-corrected chi connectivity index (χ4v) is 1.39. The van der Waals surface area contributed by atoms with E-state index in [1.165, 1.54) is 18.2 Å². The second-order valence-corrected chi connectivity index (χ2v) is 4.26. The van der Waals surface area contributed by atoms with E-state index >= 15 is 0 Å². The van der Waals surface area contributed by atoms with Gasteiger partial charge in [0, 0.05) is 0 Å². The fourth-order valence-electron chi connectivity index (χ4n) is 1.39. The maximum Gasteiger partial charge on any atom is 0.338 e. The van der Waals surface area contributed by atoms with Crippen molar-refractivity contribution in [2.45, 2.75) is 13.3 Å². The van der Waals surface area contributed by atoms with Crippen LogP contribution in [0, 0.1) is 71.5 Å². The van der Waals surface area contributed by atoms with E-state index in [0.29, 0.717) is 12.2 Å². The summed E-state index contributed by atoms with van der Waals surface area (Å²) in [7, 11) is 0. The number of carbonyl (C=O) groups excluding carboxylic acids is 1. The Kier molecular flexibility index (Phi) is 8.63. The molecule has 1 N–H and O–H groups in total. The van der Waals surface area contributed by atoms with Gasteiger partial charge in [0.1, 0.15) is 5.75 Å². The van der Waals surface area contributed by atoms with Gasteiger partial charge in [0.15, 0.2) is 0 Å². The Bertz CT molecular complexity index is 996. The molecule has 0 atom stereocenters. The van der Waals surface area contributed by atoms with Crippen LogP contribution in [0.4, 0.5) is 0 Å². The van der Waals surface area contributed by atoms with E-state index in [1.54, 1.807) is 0 Å². The minimum absolute atomic E-state index is 0.0506. The van der Waals surface area contributed by atoms with Crippen LogP contribution in [0.3, 0.4) is 0 Å². The molecule has 0 aliphatic rings. The quantitative estimate of drug-likeness (QED) is 0.681. The normalized spacial score (nSPS) is 7.20. The van der Waals surface area contributed by atoms with E-state index in [-0.39, 0.29) is 11.3 Å². The average Bonchev–Trinajstić information content (AvgIpc) is 2.62. The molecule has 0 heterocycles. The van der Waals surface area contributed by atoms with Crippen molar-refractivity contribution in [1.82, 2.24) is 0 Å². The number of carbonyl (C=O) groups is 1. The van der Waals surface area contributed by atoms with Crippen LogP contribution in [0.25, 0.3) is 0 Å². The lowest BCUT2D eigenvalue weighted by atomic mass is 10.4. The second kappa shape index (κ2) is 11.4. The molecule has 1 aromatic carbocycles. The molecule has 1 rings (SSSR count). The number of ether oxygens (including phenoxy) is 1. The summed E-state index contributed by atoms with van der Waals surface area (Å²) in [6.07, 6.45) is 5.65. The molecule has 0 saturated carbocycles. The number of phenolic OH excluding ortho intramolecular Hbond substituents is 1. The molecule has 3 nitrogen and oxygen atoms in total. The third-order valence-electron chi connectivity index (χ3n) is 2.44. The van der Waals surface area contributed by atoms with Crippen molar-refractivity contribution < 1.29 is 14.6 Å². The van der Waals surface area contributed by atoms with Crippen LogP contribution in [0.2, 0.25) is 0 Å². The van der Waals surface area contributed by atoms with E-state index in [2.05, 4.69) is 65.1 Å². The lowest BCUT2D eigenvalue weighted by Gasteiger charge is -2.04. The monoisotopic (exact) mass is 329 g/mol. The van der Waals surface area contributed by atoms with Crippen molar-refractivity contribution >= 4 is 5.97 Å². The summed E-state index contributed by atoms with van der Waals surface area (Å²) < 4.78 is 5.03. The number of phenols is 1. The Labute approximate surface area is 147 Å². The Hall–Kier alpha value is -4.15. The lowest BCUT2D eigenvalue weighted by molar-refractivity contribution is 0.0505. The molecule has 0 unspecified atom stereocenters. The van der Waals surface area contributed by atoms with Gasteiger partial charge in [-0.3, -0.25) is 0 Å². The minimum Gasteiger partial charge on any atom is -0.507 e. The van der Waals surface area contributed by atoms with Gasteiger partial charge in [-0.25, -0.2) is 4.79 Å². The molecule has 1 aromatic rings. The molecule has 0 saturated heterocycles. The first-order valence-corrected chi connectivity index (χ1v) is 7.15. The van der Waals surface area contributed by atoms with Crippen molar-refractivity contribution in [2.24, 2.45) is 0 Å². The van der Waals surface area contributed by atoms with Crippen LogP contribution in [0.1, 0.15) is 29.3 Å². The molecular weight excluding hydrogens is 317 g/mol. The predicted octanol–water partition coefficient (Wildman–Crippen LogP) is 1.96. The fraction of sp³-hybridized carbons (Fsp3) is 0.136. The van der Waals surface area contributed by atoms with Crippen LogP contribution in [-0.2, 0) is 4.74 Å². The smallest absolute Gasteiger partial charge is 0.338 e. The average molecular weight is 329 g/mol. The van der Waals surface area contributed by atoms with Crippen molar-refractivity contribution in [3.63, 3.8) is 0 Å². The van der Waals surface area contributed by atoms with Crippen LogP contribution < -0.4 is 0 Å². The van der Waals surface area contributed by atoms with Gasteiger partial charge < -0.3 is 9.84 Å². The number of terminal acetylenes is 1. The van der Waals surface area contributed by atoms with Crippen LogP contribution in [0.5, 0.6) is 5.75 Å². The number of esters is 1. The van der Waals surface area contributed by atoms with Gasteiger partial charge in [-0.2, -0.15) is 0 Å². The summed E-state index contributed by atoms with van der Waals surface area (Å²) in [5, 5.41) is 9.76. The summed E-state index contributed by atoms with van der Waals surface area (Å²) in [6.45, 7) is 2.24. The van der Waals surface area contributed by atoms with Crippen LogP contribution in [-0.4, -0.2) is 17.7 Å². The minimum atomic E-state index is -0.464. The third-order valence-corrected chi connectivity index (χ3v) is 2.44. The Balaban J connectivity index is 2.82. The second-order valence-electron chi connectivity index (χ2n) is 4.26. The summed E-state index contributed by atoms with van der Waals surface area (Å²) in [4.78, 5) is 11.8. The molecule has 118 valence electrons. The van der Waals surface area contributed by atoms with Crippen molar-refractivity contribution in [1.29, 1.82) is 0 Å². The van der Waals surface area contributed by atoms with Crippen molar-refractivity contribution in [2.75, 3.05) is 6.61 Å². The molecule has 0 amide bonds. The molecule has 0 aliphatic carbocycles. The zero-order valence-corrected chi connectivity index (χ0v) is 13.5. The molecule has 0 bridgehead atoms. The van der Waals surface area contributed by atoms with Crippen LogP contribution >= 0.6 is 0 Å². The number of benzene rings is 1. The lowest BCUT2D eigenvalue weighted by Crippen LogP contribution is -2.05. The number of hydrogen-bond acceptors (Lipinski definition) is 3. The highest BCUT2D eigenvalue weighted by atomic mass is 16.5. The van der Waals surface area contributed by atoms with E-state index in [4.69, 9.17) is 11.2 Å². The third kappa shape index (κ3) is 7.60. The first-order chi connectivity index (χ1) is 12.2. The van der Waals surface area contributed by atoms with Gasteiger partial charge in [-0.05, 0) is 89.7 Å². The highest BCUT2D eigenvalue weighted by molar-refractivity contribution is 5.90. The van der Waals surface area contributed by atoms with Gasteiger partial charge in [0.2, 0.25) is 0 Å². The van der Waals surface area contributed by atoms with Gasteiger partial charge in [-0.15, -0.1) is 6.42 Å². The van der Waals surface area contributed by atoms with Gasteiger partial charge >= 0.3 is 5.97 Å². The molecule has 0 spiro atoms. The van der Waals surface area contributed by atoms with E-state index < -0.39 is 5.97 Å². The maximum atomic E-state index is 11.8. The molecule has 0 aliphatic heterocycles. The van der Waals surface area contributed by atoms with E-state index in [9.17, 15) is 9.90 Å². The Morgan fingerprint density at radius 3 is 2.24 bits per heavy atom. The predicted molar refractivity (Wildman–Crippen MR) is 95.5 cm³/mol. The number of rotatable bonds is 3. The molecule has 25 heavy (non-hydrogen) atoms. The highest BCUT2D eigenvalue weighted by Gasteiger charge is 2.09. The number of hydrogen-bond donors (Lipinski definition) is 1. The molecular formula is C22H12O3. The molecule has 0 aromatic heterocycles. The van der Waals surface area contributed by atoms with Gasteiger partial charge in [0.05, 0.1) is 17.7 Å². The standard InChI is InChI=1S/C22H12O3/c1-3-5-6-7-8-9-10-11-12-13-14-19-18-20(15-16-21(19)23)22(24)25-17-4-2/h1,15-16,18,23H,4,17H2,2H3/i15+1,16+1,18+1,20+1,21+1. The Morgan fingerprint density at radius 2 is 1.64 bits per heavy atom. The highest BCUT2D eigenvalue weighted by Crippen LogP contribution is 2.18. The maximum absolute atomic E-state index is 11.8. The first kappa shape index (κ1) is 18.9. The van der Waals surface area contributed by atoms with E-state index in [0.717, 1.165) is 6.42 Å². The summed E-state index contributed by atoms with van der Waals surface area (Å²) in [5.41, 5.74) is 0.587. The van der Waals surface area contributed by atoms with Gasteiger partial charge in [-0.1, -0.05) is 6.92 Å². The summed E-state index contributed by atoms with van der Waals surface area (Å²) in [6, 6.07) is 4.30. The Morgan fingerprint density at radius 1 is 1.04 bits per heavy atom. The topological polar surface area (TPSA) is 46.5 Å². The van der Waals surface area contributed by atoms with Crippen molar-refractivity contribution in [3.05, 3.63) is 29.3 Å².